The summed E-state index contributed by atoms with van der Waals surface area (Å²) in [5.74, 6) is -2.03. The molecule has 214 valence electrons. The number of hydrogen-bond acceptors (Lipinski definition) is 7. The average Bonchev–Trinajstić information content (AvgIpc) is 3.65. The number of imide groups is 1. The number of anilines is 1. The van der Waals surface area contributed by atoms with E-state index in [4.69, 9.17) is 21.3 Å². The Labute approximate surface area is 243 Å². The lowest BCUT2D eigenvalue weighted by Gasteiger charge is -2.29. The predicted octanol–water partition coefficient (Wildman–Crippen LogP) is 4.41. The molecular formula is C28H27ClFN5O5S. The first-order chi connectivity index (χ1) is 19.5. The van der Waals surface area contributed by atoms with Crippen LogP contribution in [0.5, 0.6) is 0 Å². The molecule has 0 radical (unpaired) electrons. The molecule has 0 spiro atoms. The van der Waals surface area contributed by atoms with E-state index in [1.54, 1.807) is 13.8 Å². The highest BCUT2D eigenvalue weighted by Crippen LogP contribution is 2.38. The van der Waals surface area contributed by atoms with Crippen molar-refractivity contribution in [3.05, 3.63) is 56.8 Å². The molecule has 1 aromatic heterocycles. The van der Waals surface area contributed by atoms with Crippen LogP contribution in [0.3, 0.4) is 0 Å². The number of halogens is 2. The van der Waals surface area contributed by atoms with E-state index in [2.05, 4.69) is 16.0 Å². The number of carbonyl (C=O) groups is 4. The summed E-state index contributed by atoms with van der Waals surface area (Å²) in [6, 6.07) is 5.01. The number of hydrogen-bond donors (Lipinski definition) is 3. The van der Waals surface area contributed by atoms with Gasteiger partial charge in [0, 0.05) is 35.1 Å². The fourth-order valence-electron chi connectivity index (χ4n) is 5.57. The van der Waals surface area contributed by atoms with Crippen LogP contribution in [0, 0.1) is 5.82 Å². The normalized spacial score (nSPS) is 20.9. The maximum absolute atomic E-state index is 15.5. The lowest BCUT2D eigenvalue weighted by molar-refractivity contribution is -0.136. The van der Waals surface area contributed by atoms with Gasteiger partial charge < -0.3 is 20.3 Å². The van der Waals surface area contributed by atoms with E-state index in [1.807, 2.05) is 12.1 Å². The number of fused-ring (bicyclic) bond motifs is 2. The highest BCUT2D eigenvalue weighted by atomic mass is 35.5. The molecule has 2 saturated heterocycles. The van der Waals surface area contributed by atoms with Gasteiger partial charge >= 0.3 is 6.03 Å². The average molecular weight is 600 g/mol. The molecule has 10 nitrogen and oxygen atoms in total. The van der Waals surface area contributed by atoms with E-state index < -0.39 is 41.2 Å². The van der Waals surface area contributed by atoms with Crippen LogP contribution >= 0.6 is 22.9 Å². The number of nitrogens with zero attached hydrogens (tertiary/aromatic N) is 2. The van der Waals surface area contributed by atoms with Crippen molar-refractivity contribution in [3.63, 3.8) is 0 Å². The molecule has 3 aliphatic rings. The maximum Gasteiger partial charge on any atom is 0.320 e. The minimum atomic E-state index is -0.907. The molecule has 4 heterocycles. The van der Waals surface area contributed by atoms with Gasteiger partial charge in [0.25, 0.3) is 5.91 Å². The first-order valence-corrected chi connectivity index (χ1v) is 14.4. The summed E-state index contributed by atoms with van der Waals surface area (Å²) in [7, 11) is 0. The van der Waals surface area contributed by atoms with Gasteiger partial charge in [-0.25, -0.2) is 14.2 Å². The number of benzene rings is 2. The highest BCUT2D eigenvalue weighted by Gasteiger charge is 2.40. The number of urea groups is 1. The second-order valence-electron chi connectivity index (χ2n) is 11.0. The van der Waals surface area contributed by atoms with Crippen LogP contribution in [0.15, 0.2) is 24.3 Å². The Balaban J connectivity index is 1.19. The molecular weight excluding hydrogens is 573 g/mol. The van der Waals surface area contributed by atoms with Crippen LogP contribution in [-0.2, 0) is 26.4 Å². The number of ether oxygens (including phenoxy) is 1. The molecule has 3 N–H and O–H groups in total. The van der Waals surface area contributed by atoms with Gasteiger partial charge in [0.1, 0.15) is 11.0 Å². The topological polar surface area (TPSA) is 130 Å². The largest absolute Gasteiger partial charge is 0.381 e. The van der Waals surface area contributed by atoms with Crippen molar-refractivity contribution in [2.75, 3.05) is 18.5 Å². The van der Waals surface area contributed by atoms with Crippen molar-refractivity contribution < 1.29 is 28.3 Å². The number of thiazole rings is 1. The zero-order valence-corrected chi connectivity index (χ0v) is 23.9. The van der Waals surface area contributed by atoms with Crippen LogP contribution in [0.25, 0.3) is 10.2 Å². The molecule has 2 unspecified atom stereocenters. The minimum absolute atomic E-state index is 0.0863. The Bertz CT molecular complexity index is 1620. The molecule has 0 saturated carbocycles. The van der Waals surface area contributed by atoms with Crippen molar-refractivity contribution in [3.8, 4) is 0 Å². The molecule has 2 aromatic carbocycles. The quantitative estimate of drug-likeness (QED) is 0.373. The SMILES string of the molecule is CC(C)(NC(=O)Nc1ccc2c(c1F)CN(C1CCC(=O)NC1=O)C2=O)c1nc2c(C3CCOC3)cc(Cl)cc2s1. The third-order valence-corrected chi connectivity index (χ3v) is 9.26. The number of amides is 5. The molecule has 41 heavy (non-hydrogen) atoms. The van der Waals surface area contributed by atoms with Gasteiger partial charge in [-0.2, -0.15) is 0 Å². The zero-order chi connectivity index (χ0) is 29.1. The summed E-state index contributed by atoms with van der Waals surface area (Å²) in [5, 5.41) is 8.91. The summed E-state index contributed by atoms with van der Waals surface area (Å²) in [6.45, 7) is 4.76. The second-order valence-corrected chi connectivity index (χ2v) is 12.4. The Morgan fingerprint density at radius 2 is 2.05 bits per heavy atom. The van der Waals surface area contributed by atoms with Gasteiger partial charge in [0.15, 0.2) is 5.82 Å². The highest BCUT2D eigenvalue weighted by molar-refractivity contribution is 7.18. The van der Waals surface area contributed by atoms with Gasteiger partial charge in [-0.1, -0.05) is 11.6 Å². The summed E-state index contributed by atoms with van der Waals surface area (Å²) >= 11 is 7.82. The fraction of sp³-hybridized carbons (Fsp3) is 0.393. The molecule has 3 aliphatic heterocycles. The monoisotopic (exact) mass is 599 g/mol. The van der Waals surface area contributed by atoms with Crippen molar-refractivity contribution >= 4 is 62.6 Å². The molecule has 13 heteroatoms. The first kappa shape index (κ1) is 27.6. The van der Waals surface area contributed by atoms with Gasteiger partial charge in [-0.15, -0.1) is 11.3 Å². The number of rotatable bonds is 5. The Morgan fingerprint density at radius 3 is 2.78 bits per heavy atom. The lowest BCUT2D eigenvalue weighted by Crippen LogP contribution is -2.52. The van der Waals surface area contributed by atoms with E-state index >= 15 is 4.39 Å². The summed E-state index contributed by atoms with van der Waals surface area (Å²) < 4.78 is 22.0. The minimum Gasteiger partial charge on any atom is -0.381 e. The van der Waals surface area contributed by atoms with Crippen molar-refractivity contribution in [2.45, 2.75) is 57.2 Å². The van der Waals surface area contributed by atoms with E-state index in [0.717, 1.165) is 22.2 Å². The number of piperidine rings is 1. The summed E-state index contributed by atoms with van der Waals surface area (Å²) in [4.78, 5) is 55.9. The maximum atomic E-state index is 15.5. The lowest BCUT2D eigenvalue weighted by atomic mass is 9.97. The number of carbonyl (C=O) groups excluding carboxylic acids is 4. The smallest absolute Gasteiger partial charge is 0.320 e. The molecule has 2 atom stereocenters. The number of nitrogens with one attached hydrogen (secondary N) is 3. The summed E-state index contributed by atoms with van der Waals surface area (Å²) in [6.07, 6.45) is 1.15. The van der Waals surface area contributed by atoms with Crippen LogP contribution < -0.4 is 16.0 Å². The van der Waals surface area contributed by atoms with Gasteiger partial charge in [-0.3, -0.25) is 19.7 Å². The first-order valence-electron chi connectivity index (χ1n) is 13.2. The van der Waals surface area contributed by atoms with E-state index in [1.165, 1.54) is 28.4 Å². The van der Waals surface area contributed by atoms with E-state index in [0.29, 0.717) is 23.2 Å². The van der Waals surface area contributed by atoms with Crippen molar-refractivity contribution in [2.24, 2.45) is 0 Å². The fourth-order valence-corrected chi connectivity index (χ4v) is 6.96. The number of aromatic nitrogens is 1. The third kappa shape index (κ3) is 5.04. The molecule has 5 amide bonds. The summed E-state index contributed by atoms with van der Waals surface area (Å²) in [5.41, 5.74) is 1.05. The van der Waals surface area contributed by atoms with Gasteiger partial charge in [0.2, 0.25) is 11.8 Å². The van der Waals surface area contributed by atoms with Crippen LogP contribution in [0.1, 0.15) is 65.5 Å². The Morgan fingerprint density at radius 1 is 1.24 bits per heavy atom. The molecule has 6 rings (SSSR count). The zero-order valence-electron chi connectivity index (χ0n) is 22.3. The Hall–Kier alpha value is -3.61. The second kappa shape index (κ2) is 10.3. The molecule has 0 bridgehead atoms. The predicted molar refractivity (Wildman–Crippen MR) is 150 cm³/mol. The van der Waals surface area contributed by atoms with Crippen LogP contribution in [-0.4, -0.2) is 52.9 Å². The third-order valence-electron chi connectivity index (χ3n) is 7.72. The van der Waals surface area contributed by atoms with Gasteiger partial charge in [0.05, 0.1) is 34.6 Å². The van der Waals surface area contributed by atoms with E-state index in [-0.39, 0.29) is 42.1 Å². The van der Waals surface area contributed by atoms with E-state index in [9.17, 15) is 19.2 Å². The molecule has 3 aromatic rings. The Kier molecular flexibility index (Phi) is 6.95. The van der Waals surface area contributed by atoms with Gasteiger partial charge in [-0.05, 0) is 56.5 Å². The van der Waals surface area contributed by atoms with Crippen molar-refractivity contribution in [1.82, 2.24) is 20.5 Å². The van der Waals surface area contributed by atoms with Crippen LogP contribution in [0.4, 0.5) is 14.9 Å². The van der Waals surface area contributed by atoms with Crippen LogP contribution in [0.2, 0.25) is 5.02 Å². The molecule has 0 aliphatic carbocycles. The molecule has 2 fully saturated rings. The standard InChI is InChI=1S/C28H27ClFN5O5S/c1-28(2,26-33-23-16(13-7-8-40-12-13)9-14(29)10-20(23)41-26)34-27(39)31-18-4-3-15-17(22(18)30)11-35(25(15)38)19-5-6-21(36)32-24(19)37/h3-4,9-10,13,19H,5-8,11-12H2,1-2H3,(H2,31,34,39)(H,32,36,37). The van der Waals surface area contributed by atoms with Crippen molar-refractivity contribution in [1.29, 1.82) is 0 Å².